The number of nitrogens with zero attached hydrogens (tertiary/aromatic N) is 1. The van der Waals surface area contributed by atoms with Crippen LogP contribution >= 0.6 is 0 Å². The molecule has 2 atom stereocenters. The standard InChI is InChI=1S/C30H34FN3O2/c1-19-8-5-12-25(31)26(19)29(36)34-17-7-11-24(27(34)20-13-15-22(32)16-14-20)28(35)33-23-10-6-9-21(18-23)30(2,3)4/h5-6,8-10,12-16,18,24,27H,7,11,17,32H2,1-4H3,(H,33,35)/t24-,27?/m0/s1. The Balaban J connectivity index is 1.70. The van der Waals surface area contributed by atoms with Crippen LogP contribution in [0.1, 0.15) is 66.7 Å². The molecule has 1 aliphatic rings. The van der Waals surface area contributed by atoms with Gasteiger partial charge in [0.05, 0.1) is 17.5 Å². The maximum atomic E-state index is 14.8. The minimum atomic E-state index is -0.554. The number of rotatable bonds is 4. The fourth-order valence-corrected chi connectivity index (χ4v) is 4.95. The van der Waals surface area contributed by atoms with Gasteiger partial charge in [0.2, 0.25) is 5.91 Å². The average molecular weight is 488 g/mol. The Bertz CT molecular complexity index is 1240. The molecule has 0 saturated carbocycles. The molecule has 1 heterocycles. The molecule has 0 bridgehead atoms. The Morgan fingerprint density at radius 2 is 1.72 bits per heavy atom. The number of likely N-dealkylation sites (tertiary alicyclic amines) is 1. The molecular formula is C30H34FN3O2. The molecule has 1 saturated heterocycles. The smallest absolute Gasteiger partial charge is 0.257 e. The van der Waals surface area contributed by atoms with Gasteiger partial charge < -0.3 is 16.0 Å². The zero-order chi connectivity index (χ0) is 26.0. The number of amides is 2. The molecule has 3 aromatic carbocycles. The number of anilines is 2. The summed E-state index contributed by atoms with van der Waals surface area (Å²) >= 11 is 0. The van der Waals surface area contributed by atoms with Gasteiger partial charge in [-0.05, 0) is 72.2 Å². The molecule has 1 fully saturated rings. The molecule has 4 rings (SSSR count). The molecule has 1 unspecified atom stereocenters. The summed E-state index contributed by atoms with van der Waals surface area (Å²) in [6.07, 6.45) is 1.25. The summed E-state index contributed by atoms with van der Waals surface area (Å²) in [6.45, 7) is 8.54. The topological polar surface area (TPSA) is 75.4 Å². The van der Waals surface area contributed by atoms with Gasteiger partial charge in [0.15, 0.2) is 0 Å². The maximum Gasteiger partial charge on any atom is 0.257 e. The van der Waals surface area contributed by atoms with Gasteiger partial charge in [-0.2, -0.15) is 0 Å². The first-order valence-corrected chi connectivity index (χ1v) is 12.4. The normalized spacial score (nSPS) is 18.1. The van der Waals surface area contributed by atoms with Crippen molar-refractivity contribution in [2.75, 3.05) is 17.6 Å². The highest BCUT2D eigenvalue weighted by molar-refractivity contribution is 5.98. The Morgan fingerprint density at radius 3 is 2.39 bits per heavy atom. The lowest BCUT2D eigenvalue weighted by Crippen LogP contribution is -2.46. The molecule has 0 spiro atoms. The quantitative estimate of drug-likeness (QED) is 0.427. The van der Waals surface area contributed by atoms with Crippen LogP contribution < -0.4 is 11.1 Å². The number of nitrogens with one attached hydrogen (secondary N) is 1. The highest BCUT2D eigenvalue weighted by Gasteiger charge is 2.40. The Hall–Kier alpha value is -3.67. The minimum Gasteiger partial charge on any atom is -0.399 e. The number of benzene rings is 3. The van der Waals surface area contributed by atoms with Gasteiger partial charge in [-0.15, -0.1) is 0 Å². The molecule has 3 aromatic rings. The van der Waals surface area contributed by atoms with Crippen molar-refractivity contribution in [1.29, 1.82) is 0 Å². The van der Waals surface area contributed by atoms with Crippen LogP contribution in [0, 0.1) is 18.7 Å². The number of carbonyl (C=O) groups excluding carboxylic acids is 2. The second kappa shape index (κ2) is 10.1. The fraction of sp³-hybridized carbons (Fsp3) is 0.333. The van der Waals surface area contributed by atoms with E-state index in [-0.39, 0.29) is 16.9 Å². The summed E-state index contributed by atoms with van der Waals surface area (Å²) in [5.41, 5.74) is 9.72. The van der Waals surface area contributed by atoms with Gasteiger partial charge in [-0.1, -0.05) is 57.2 Å². The van der Waals surface area contributed by atoms with Gasteiger partial charge in [0.1, 0.15) is 5.82 Å². The van der Waals surface area contributed by atoms with Crippen LogP contribution in [-0.2, 0) is 10.2 Å². The molecule has 2 amide bonds. The van der Waals surface area contributed by atoms with Crippen LogP contribution in [0.3, 0.4) is 0 Å². The lowest BCUT2D eigenvalue weighted by molar-refractivity contribution is -0.123. The van der Waals surface area contributed by atoms with Crippen molar-refractivity contribution in [1.82, 2.24) is 4.90 Å². The second-order valence-corrected chi connectivity index (χ2v) is 10.6. The molecule has 6 heteroatoms. The van der Waals surface area contributed by atoms with Crippen molar-refractivity contribution in [2.45, 2.75) is 52.0 Å². The zero-order valence-electron chi connectivity index (χ0n) is 21.3. The zero-order valence-corrected chi connectivity index (χ0v) is 21.3. The predicted molar refractivity (Wildman–Crippen MR) is 142 cm³/mol. The number of nitrogen functional groups attached to an aromatic ring is 1. The lowest BCUT2D eigenvalue weighted by Gasteiger charge is -2.41. The van der Waals surface area contributed by atoms with Crippen LogP contribution in [0.15, 0.2) is 66.7 Å². The Morgan fingerprint density at radius 1 is 1.03 bits per heavy atom. The number of piperidine rings is 1. The van der Waals surface area contributed by atoms with Crippen LogP contribution in [0.4, 0.5) is 15.8 Å². The fourth-order valence-electron chi connectivity index (χ4n) is 4.95. The first kappa shape index (κ1) is 25.4. The third kappa shape index (κ3) is 5.27. The van der Waals surface area contributed by atoms with Crippen LogP contribution in [0.5, 0.6) is 0 Å². The van der Waals surface area contributed by atoms with Crippen LogP contribution in [0.25, 0.3) is 0 Å². The molecule has 3 N–H and O–H groups in total. The summed E-state index contributed by atoms with van der Waals surface area (Å²) < 4.78 is 14.8. The monoisotopic (exact) mass is 487 g/mol. The molecular weight excluding hydrogens is 453 g/mol. The number of nitrogens with two attached hydrogens (primary N) is 1. The second-order valence-electron chi connectivity index (χ2n) is 10.6. The molecule has 0 aromatic heterocycles. The van der Waals surface area contributed by atoms with Crippen LogP contribution in [0.2, 0.25) is 0 Å². The Labute approximate surface area is 212 Å². The summed E-state index contributed by atoms with van der Waals surface area (Å²) in [5.74, 6) is -1.62. The van der Waals surface area contributed by atoms with E-state index in [1.165, 1.54) is 6.07 Å². The highest BCUT2D eigenvalue weighted by atomic mass is 19.1. The van der Waals surface area contributed by atoms with E-state index in [1.807, 2.05) is 36.4 Å². The molecule has 188 valence electrons. The number of hydrogen-bond acceptors (Lipinski definition) is 3. The Kier molecular flexibility index (Phi) is 7.16. The first-order chi connectivity index (χ1) is 17.1. The van der Waals surface area contributed by atoms with Gasteiger partial charge in [0, 0.05) is 17.9 Å². The summed E-state index contributed by atoms with van der Waals surface area (Å²) in [4.78, 5) is 29.0. The highest BCUT2D eigenvalue weighted by Crippen LogP contribution is 2.39. The lowest BCUT2D eigenvalue weighted by atomic mass is 9.83. The molecule has 0 radical (unpaired) electrons. The third-order valence-corrected chi connectivity index (χ3v) is 6.94. The number of carbonyl (C=O) groups is 2. The average Bonchev–Trinajstić information content (AvgIpc) is 2.83. The number of aryl methyl sites for hydroxylation is 1. The van der Waals surface area contributed by atoms with Crippen molar-refractivity contribution in [3.63, 3.8) is 0 Å². The van der Waals surface area contributed by atoms with E-state index in [0.29, 0.717) is 30.6 Å². The van der Waals surface area contributed by atoms with E-state index in [1.54, 1.807) is 36.1 Å². The van der Waals surface area contributed by atoms with Gasteiger partial charge in [-0.25, -0.2) is 4.39 Å². The van der Waals surface area contributed by atoms with E-state index >= 15 is 0 Å². The summed E-state index contributed by atoms with van der Waals surface area (Å²) in [6, 6.07) is 19.2. The summed E-state index contributed by atoms with van der Waals surface area (Å²) in [7, 11) is 0. The number of hydrogen-bond donors (Lipinski definition) is 2. The number of halogens is 1. The largest absolute Gasteiger partial charge is 0.399 e. The molecule has 1 aliphatic heterocycles. The van der Waals surface area contributed by atoms with E-state index < -0.39 is 23.7 Å². The van der Waals surface area contributed by atoms with E-state index in [9.17, 15) is 14.0 Å². The van der Waals surface area contributed by atoms with E-state index in [2.05, 4.69) is 26.1 Å². The van der Waals surface area contributed by atoms with Crippen molar-refractivity contribution >= 4 is 23.2 Å². The predicted octanol–water partition coefficient (Wildman–Crippen LogP) is 6.25. The first-order valence-electron chi connectivity index (χ1n) is 12.4. The maximum absolute atomic E-state index is 14.8. The van der Waals surface area contributed by atoms with Crippen molar-refractivity contribution in [2.24, 2.45) is 5.92 Å². The summed E-state index contributed by atoms with van der Waals surface area (Å²) in [5, 5.41) is 3.08. The van der Waals surface area contributed by atoms with Crippen LogP contribution in [-0.4, -0.2) is 23.3 Å². The third-order valence-electron chi connectivity index (χ3n) is 6.94. The minimum absolute atomic E-state index is 0.0527. The van der Waals surface area contributed by atoms with Crippen molar-refractivity contribution in [3.8, 4) is 0 Å². The molecule has 0 aliphatic carbocycles. The van der Waals surface area contributed by atoms with E-state index in [0.717, 1.165) is 16.8 Å². The van der Waals surface area contributed by atoms with Gasteiger partial charge >= 0.3 is 0 Å². The van der Waals surface area contributed by atoms with Crippen molar-refractivity contribution in [3.05, 3.63) is 94.8 Å². The van der Waals surface area contributed by atoms with Gasteiger partial charge in [-0.3, -0.25) is 9.59 Å². The van der Waals surface area contributed by atoms with E-state index in [4.69, 9.17) is 5.73 Å². The van der Waals surface area contributed by atoms with Gasteiger partial charge in [0.25, 0.3) is 5.91 Å². The van der Waals surface area contributed by atoms with Crippen molar-refractivity contribution < 1.29 is 14.0 Å². The SMILES string of the molecule is Cc1cccc(F)c1C(=O)N1CCC[C@H](C(=O)Nc2cccc(C(C)(C)C)c2)C1c1ccc(N)cc1. The molecule has 36 heavy (non-hydrogen) atoms. The molecule has 5 nitrogen and oxygen atoms in total.